The van der Waals surface area contributed by atoms with Gasteiger partial charge in [0.2, 0.25) is 5.72 Å². The van der Waals surface area contributed by atoms with E-state index in [9.17, 15) is 10.0 Å². The van der Waals surface area contributed by atoms with E-state index in [0.717, 1.165) is 12.4 Å². The maximum Gasteiger partial charge on any atom is 0.353 e. The van der Waals surface area contributed by atoms with Crippen LogP contribution in [0.5, 0.6) is 0 Å². The Hall–Kier alpha value is -0.650. The number of hydroxylamine groups is 1. The summed E-state index contributed by atoms with van der Waals surface area (Å²) < 4.78 is 0. The van der Waals surface area contributed by atoms with E-state index in [0.29, 0.717) is 0 Å². The van der Waals surface area contributed by atoms with Gasteiger partial charge in [-0.05, 0) is 6.92 Å². The molecule has 1 radical (unpaired) electrons. The summed E-state index contributed by atoms with van der Waals surface area (Å²) >= 11 is 0. The highest BCUT2D eigenvalue weighted by Crippen LogP contribution is 1.93. The zero-order chi connectivity index (χ0) is 6.78. The van der Waals surface area contributed by atoms with Gasteiger partial charge < -0.3 is 10.2 Å². The Bertz CT molecular complexity index is 99.5. The van der Waals surface area contributed by atoms with Gasteiger partial charge >= 0.3 is 5.97 Å². The Morgan fingerprint density at radius 3 is 2.12 bits per heavy atom. The van der Waals surface area contributed by atoms with Gasteiger partial charge in [-0.15, -0.1) is 10.7 Å². The fraction of sp³-hybridized carbons (Fsp3) is 0.667. The predicted molar refractivity (Wildman–Crippen MR) is 22.1 cm³/mol. The average molecular weight is 120 g/mol. The van der Waals surface area contributed by atoms with Crippen molar-refractivity contribution in [2.45, 2.75) is 12.6 Å². The monoisotopic (exact) mass is 120 g/mol. The first-order valence-corrected chi connectivity index (χ1v) is 1.86. The molecule has 0 heterocycles. The first kappa shape index (κ1) is 7.35. The highest BCUT2D eigenvalue weighted by atomic mass is 16.5. The second-order valence-corrected chi connectivity index (χ2v) is 1.48. The number of aliphatic carboxylic acids is 1. The Labute approximate surface area is 45.5 Å². The SMILES string of the molecule is CC(O)(N[O])C(=O)O. The molecule has 0 aliphatic carbocycles. The van der Waals surface area contributed by atoms with Crippen LogP contribution in [-0.4, -0.2) is 21.9 Å². The molecular formula is C3H6NO4. The highest BCUT2D eigenvalue weighted by molar-refractivity contribution is 5.75. The fourth-order valence-electron chi connectivity index (χ4n) is 0.0437. The van der Waals surface area contributed by atoms with Crippen LogP contribution in [0.25, 0.3) is 0 Å². The Morgan fingerprint density at radius 1 is 1.75 bits per heavy atom. The minimum atomic E-state index is -2.35. The number of carboxylic acid groups (broad SMARTS) is 1. The van der Waals surface area contributed by atoms with Gasteiger partial charge in [-0.1, -0.05) is 0 Å². The molecule has 0 aromatic heterocycles. The summed E-state index contributed by atoms with van der Waals surface area (Å²) in [7, 11) is 0. The van der Waals surface area contributed by atoms with E-state index in [1.807, 2.05) is 0 Å². The molecule has 8 heavy (non-hydrogen) atoms. The molecule has 5 heteroatoms. The van der Waals surface area contributed by atoms with E-state index in [4.69, 9.17) is 10.2 Å². The molecule has 0 spiro atoms. The van der Waals surface area contributed by atoms with Gasteiger partial charge in [0, 0.05) is 0 Å². The lowest BCUT2D eigenvalue weighted by molar-refractivity contribution is -0.179. The van der Waals surface area contributed by atoms with Gasteiger partial charge in [0.05, 0.1) is 0 Å². The van der Waals surface area contributed by atoms with E-state index >= 15 is 0 Å². The van der Waals surface area contributed by atoms with Crippen LogP contribution in [0.2, 0.25) is 0 Å². The van der Waals surface area contributed by atoms with Crippen molar-refractivity contribution in [3.05, 3.63) is 0 Å². The number of hydrogen-bond acceptors (Lipinski definition) is 3. The summed E-state index contributed by atoms with van der Waals surface area (Å²) in [4.78, 5) is 9.74. The maximum atomic E-state index is 9.74. The molecular weight excluding hydrogens is 114 g/mol. The molecule has 47 valence electrons. The summed E-state index contributed by atoms with van der Waals surface area (Å²) in [6, 6.07) is 0. The summed E-state index contributed by atoms with van der Waals surface area (Å²) in [5.74, 6) is -1.59. The van der Waals surface area contributed by atoms with Crippen molar-refractivity contribution in [2.75, 3.05) is 0 Å². The molecule has 0 aromatic carbocycles. The predicted octanol–water partition coefficient (Wildman–Crippen LogP) is -1.29. The normalized spacial score (nSPS) is 17.4. The molecule has 0 aliphatic heterocycles. The number of hydrogen-bond donors (Lipinski definition) is 3. The molecule has 0 saturated heterocycles. The lowest BCUT2D eigenvalue weighted by Gasteiger charge is -2.11. The van der Waals surface area contributed by atoms with Crippen LogP contribution in [0.3, 0.4) is 0 Å². The Morgan fingerprint density at radius 2 is 2.12 bits per heavy atom. The smallest absolute Gasteiger partial charge is 0.353 e. The van der Waals surface area contributed by atoms with Gasteiger partial charge in [0.25, 0.3) is 0 Å². The van der Waals surface area contributed by atoms with Crippen molar-refractivity contribution in [2.24, 2.45) is 0 Å². The largest absolute Gasteiger partial charge is 0.478 e. The molecule has 1 atom stereocenters. The fourth-order valence-corrected chi connectivity index (χ4v) is 0.0437. The van der Waals surface area contributed by atoms with Crippen LogP contribution in [-0.2, 0) is 10.0 Å². The Balaban J connectivity index is 3.91. The second kappa shape index (κ2) is 2.08. The van der Waals surface area contributed by atoms with Crippen molar-refractivity contribution in [1.29, 1.82) is 0 Å². The van der Waals surface area contributed by atoms with Crippen LogP contribution in [0, 0.1) is 0 Å². The summed E-state index contributed by atoms with van der Waals surface area (Å²) in [5, 5.41) is 25.8. The third-order valence-electron chi connectivity index (χ3n) is 0.615. The molecule has 0 saturated carbocycles. The molecule has 0 bridgehead atoms. The summed E-state index contributed by atoms with van der Waals surface area (Å²) in [6.45, 7) is 0.850. The quantitative estimate of drug-likeness (QED) is 0.312. The molecule has 0 amide bonds. The second-order valence-electron chi connectivity index (χ2n) is 1.48. The van der Waals surface area contributed by atoms with E-state index in [-0.39, 0.29) is 0 Å². The standard InChI is InChI=1S/C3H6NO4/c1-3(7,4-8)2(5)6/h4,7H,1H3,(H,5,6). The van der Waals surface area contributed by atoms with E-state index < -0.39 is 11.7 Å². The maximum absolute atomic E-state index is 9.74. The van der Waals surface area contributed by atoms with E-state index in [1.165, 1.54) is 0 Å². The number of aliphatic hydroxyl groups is 1. The third kappa shape index (κ3) is 1.45. The minimum Gasteiger partial charge on any atom is -0.478 e. The van der Waals surface area contributed by atoms with Gasteiger partial charge in [-0.3, -0.25) is 0 Å². The van der Waals surface area contributed by atoms with Crippen LogP contribution in [0.4, 0.5) is 0 Å². The molecule has 0 fully saturated rings. The number of rotatable bonds is 2. The van der Waals surface area contributed by atoms with E-state index in [1.54, 1.807) is 0 Å². The van der Waals surface area contributed by atoms with Crippen LogP contribution in [0.15, 0.2) is 0 Å². The zero-order valence-electron chi connectivity index (χ0n) is 4.21. The zero-order valence-corrected chi connectivity index (χ0v) is 4.21. The van der Waals surface area contributed by atoms with Crippen LogP contribution in [0.1, 0.15) is 6.92 Å². The number of carbonyl (C=O) groups is 1. The van der Waals surface area contributed by atoms with E-state index in [2.05, 4.69) is 0 Å². The topological polar surface area (TPSA) is 89.5 Å². The minimum absolute atomic E-state index is 0.850. The van der Waals surface area contributed by atoms with Crippen LogP contribution < -0.4 is 5.48 Å². The Kier molecular flexibility index (Phi) is 1.91. The molecule has 0 aromatic rings. The molecule has 3 N–H and O–H groups in total. The first-order chi connectivity index (χ1) is 3.50. The molecule has 0 rings (SSSR count). The summed E-state index contributed by atoms with van der Waals surface area (Å²) in [5.41, 5.74) is -1.40. The number of nitrogens with one attached hydrogen (secondary N) is 1. The summed E-state index contributed by atoms with van der Waals surface area (Å²) in [6.07, 6.45) is 0. The van der Waals surface area contributed by atoms with Crippen LogP contribution >= 0.6 is 0 Å². The molecule has 5 nitrogen and oxygen atoms in total. The lowest BCUT2D eigenvalue weighted by Crippen LogP contribution is -2.46. The third-order valence-corrected chi connectivity index (χ3v) is 0.615. The van der Waals surface area contributed by atoms with Crippen molar-refractivity contribution in [3.8, 4) is 0 Å². The first-order valence-electron chi connectivity index (χ1n) is 1.86. The van der Waals surface area contributed by atoms with Gasteiger partial charge in [-0.25, -0.2) is 4.79 Å². The lowest BCUT2D eigenvalue weighted by atomic mass is 10.3. The molecule has 0 aliphatic rings. The van der Waals surface area contributed by atoms with Gasteiger partial charge in [-0.2, -0.15) is 0 Å². The highest BCUT2D eigenvalue weighted by Gasteiger charge is 2.29. The number of carboxylic acids is 1. The van der Waals surface area contributed by atoms with Gasteiger partial charge in [0.1, 0.15) is 0 Å². The van der Waals surface area contributed by atoms with Crippen molar-refractivity contribution in [3.63, 3.8) is 0 Å². The van der Waals surface area contributed by atoms with Crippen molar-refractivity contribution in [1.82, 2.24) is 5.48 Å². The van der Waals surface area contributed by atoms with Crippen molar-refractivity contribution < 1.29 is 20.2 Å². The van der Waals surface area contributed by atoms with Crippen molar-refractivity contribution >= 4 is 5.97 Å². The average Bonchev–Trinajstić information content (AvgIpc) is 1.67. The molecule has 1 unspecified atom stereocenters. The van der Waals surface area contributed by atoms with Gasteiger partial charge in [0.15, 0.2) is 0 Å².